The van der Waals surface area contributed by atoms with Gasteiger partial charge in [0.1, 0.15) is 0 Å². The number of benzene rings is 13. The van der Waals surface area contributed by atoms with Crippen LogP contribution in [0.1, 0.15) is 0 Å². The van der Waals surface area contributed by atoms with Crippen LogP contribution in [0.3, 0.4) is 0 Å². The Morgan fingerprint density at radius 2 is 0.500 bits per heavy atom. The van der Waals surface area contributed by atoms with Crippen LogP contribution in [0.2, 0.25) is 0 Å². The number of hydrogen-bond donors (Lipinski definition) is 0. The molecule has 15 aromatic rings. The summed E-state index contributed by atoms with van der Waals surface area (Å²) in [6, 6.07) is 127. The Bertz CT molecular complexity index is 4500. The van der Waals surface area contributed by atoms with E-state index >= 15 is 0 Å². The maximum atomic E-state index is 2.57. The summed E-state index contributed by atoms with van der Waals surface area (Å²) in [6.07, 6.45) is 0. The van der Waals surface area contributed by atoms with E-state index in [4.69, 9.17) is 0 Å². The topological polar surface area (TPSA) is 9.86 Å². The van der Waals surface area contributed by atoms with Gasteiger partial charge in [-0.3, -0.25) is 0 Å². The largest absolute Gasteiger partial charge is 0.309 e. The Morgan fingerprint density at radius 1 is 0.195 bits per heavy atom. The number of fused-ring (bicyclic) bond motifs is 6. The van der Waals surface area contributed by atoms with E-state index in [1.807, 2.05) is 0 Å². The highest BCUT2D eigenvalue weighted by Gasteiger charge is 2.44. The fourth-order valence-corrected chi connectivity index (χ4v) is 23.3. The van der Waals surface area contributed by atoms with E-state index in [-0.39, 0.29) is 0 Å². The molecule has 0 radical (unpaired) electrons. The molecule has 82 heavy (non-hydrogen) atoms. The Hall–Kier alpha value is -10.1. The lowest BCUT2D eigenvalue weighted by Gasteiger charge is -2.36. The maximum Gasteiger partial charge on any atom is 0.179 e. The van der Waals surface area contributed by atoms with Crippen molar-refractivity contribution in [1.29, 1.82) is 0 Å². The second kappa shape index (κ2) is 20.5. The lowest BCUT2D eigenvalue weighted by Crippen LogP contribution is -2.74. The second-order valence-electron chi connectivity index (χ2n) is 21.5. The fraction of sp³-hybridized carbons (Fsp3) is 0. The van der Waals surface area contributed by atoms with Crippen LogP contribution < -0.4 is 41.5 Å². The minimum atomic E-state index is -3.00. The molecule has 0 atom stereocenters. The van der Waals surface area contributed by atoms with Crippen molar-refractivity contribution in [3.63, 3.8) is 0 Å². The molecule has 2 nitrogen and oxygen atoms in total. The monoisotopic (exact) mass is 1080 g/mol. The first kappa shape index (κ1) is 49.0. The van der Waals surface area contributed by atoms with Gasteiger partial charge in [0.25, 0.3) is 0 Å². The van der Waals surface area contributed by atoms with Crippen molar-refractivity contribution >= 4 is 101 Å². The van der Waals surface area contributed by atoms with Gasteiger partial charge in [0.05, 0.1) is 27.8 Å². The van der Waals surface area contributed by atoms with Crippen molar-refractivity contribution in [1.82, 2.24) is 9.13 Å². The Balaban J connectivity index is 0.996. The van der Waals surface area contributed by atoms with E-state index < -0.39 is 16.1 Å². The molecule has 0 bridgehead atoms. The quantitative estimate of drug-likeness (QED) is 0.0852. The molecular formula is C78H56N2Si2. The van der Waals surface area contributed by atoms with Gasteiger partial charge in [-0.1, -0.05) is 303 Å². The molecule has 0 aliphatic carbocycles. The maximum absolute atomic E-state index is 3.00. The molecular weight excluding hydrogens is 1020 g/mol. The average Bonchev–Trinajstić information content (AvgIpc) is 2.99. The number of aromatic nitrogens is 2. The summed E-state index contributed by atoms with van der Waals surface area (Å²) in [5, 5.41) is 15.7. The van der Waals surface area contributed by atoms with Crippen molar-refractivity contribution < 1.29 is 0 Å². The first-order chi connectivity index (χ1) is 40.7. The smallest absolute Gasteiger partial charge is 0.179 e. The third-order valence-electron chi connectivity index (χ3n) is 17.2. The van der Waals surface area contributed by atoms with E-state index in [0.29, 0.717) is 0 Å². The summed E-state index contributed by atoms with van der Waals surface area (Å²) in [5.74, 6) is 0. The van der Waals surface area contributed by atoms with Gasteiger partial charge < -0.3 is 9.13 Å². The lowest BCUT2D eigenvalue weighted by atomic mass is 9.95. The molecule has 4 heteroatoms. The predicted octanol–water partition coefficient (Wildman–Crippen LogP) is 14.0. The highest BCUT2D eigenvalue weighted by molar-refractivity contribution is 7.20. The summed E-state index contributed by atoms with van der Waals surface area (Å²) in [7, 11) is -5.81. The molecule has 0 saturated heterocycles. The van der Waals surface area contributed by atoms with E-state index in [1.165, 1.54) is 96.3 Å². The molecule has 13 aromatic carbocycles. The van der Waals surface area contributed by atoms with E-state index in [2.05, 4.69) is 349 Å². The zero-order valence-corrected chi connectivity index (χ0v) is 47.2. The van der Waals surface area contributed by atoms with Gasteiger partial charge in [0.2, 0.25) is 0 Å². The summed E-state index contributed by atoms with van der Waals surface area (Å²) in [5.41, 5.74) is 11.6. The third kappa shape index (κ3) is 7.83. The first-order valence-corrected chi connectivity index (χ1v) is 32.4. The summed E-state index contributed by atoms with van der Waals surface area (Å²) in [4.78, 5) is 0. The Labute approximate surface area is 480 Å². The van der Waals surface area contributed by atoms with Crippen LogP contribution >= 0.6 is 0 Å². The number of hydrogen-bond acceptors (Lipinski definition) is 0. The molecule has 2 aromatic heterocycles. The minimum Gasteiger partial charge on any atom is -0.309 e. The number of rotatable bonds is 12. The molecule has 0 amide bonds. The van der Waals surface area contributed by atoms with Crippen molar-refractivity contribution in [2.45, 2.75) is 0 Å². The molecule has 0 N–H and O–H groups in total. The van der Waals surface area contributed by atoms with Gasteiger partial charge in [0.15, 0.2) is 16.1 Å². The summed E-state index contributed by atoms with van der Waals surface area (Å²) in [6.45, 7) is 0. The van der Waals surface area contributed by atoms with Gasteiger partial charge in [-0.05, 0) is 89.0 Å². The van der Waals surface area contributed by atoms with Gasteiger partial charge in [-0.25, -0.2) is 0 Å². The normalized spacial score (nSPS) is 11.9. The van der Waals surface area contributed by atoms with Crippen LogP contribution in [-0.2, 0) is 0 Å². The van der Waals surface area contributed by atoms with Crippen molar-refractivity contribution in [3.05, 3.63) is 340 Å². The van der Waals surface area contributed by atoms with Crippen molar-refractivity contribution in [2.24, 2.45) is 0 Å². The van der Waals surface area contributed by atoms with E-state index in [0.717, 1.165) is 22.4 Å². The Morgan fingerprint density at radius 3 is 0.915 bits per heavy atom. The lowest BCUT2D eigenvalue weighted by molar-refractivity contribution is 1.17. The number of nitrogens with zero attached hydrogens (tertiary/aromatic N) is 2. The van der Waals surface area contributed by atoms with Gasteiger partial charge >= 0.3 is 0 Å². The average molecular weight is 1080 g/mol. The van der Waals surface area contributed by atoms with E-state index in [1.54, 1.807) is 0 Å². The SMILES string of the molecule is c1ccc(-c2cc([Si](c3ccccc3)(c3ccccc3)c3ccccc3)cc(-c3ccccc3)c2-n2c3ccccc3c3cc(-n4c5ccccc5c5cc([Si](c6ccccc6)(c6ccccc6)c6ccccc6)ccc54)ccc32)cc1. The molecule has 0 saturated carbocycles. The van der Waals surface area contributed by atoms with Gasteiger partial charge in [-0.2, -0.15) is 0 Å². The molecule has 0 spiro atoms. The van der Waals surface area contributed by atoms with Crippen molar-refractivity contribution in [2.75, 3.05) is 0 Å². The molecule has 0 fully saturated rings. The molecule has 15 rings (SSSR count). The van der Waals surface area contributed by atoms with Crippen LogP contribution in [0, 0.1) is 0 Å². The van der Waals surface area contributed by atoms with Crippen LogP contribution in [-0.4, -0.2) is 25.3 Å². The zero-order valence-electron chi connectivity index (χ0n) is 45.2. The van der Waals surface area contributed by atoms with Gasteiger partial charge in [-0.15, -0.1) is 0 Å². The van der Waals surface area contributed by atoms with Crippen molar-refractivity contribution in [3.8, 4) is 33.6 Å². The van der Waals surface area contributed by atoms with Crippen LogP contribution in [0.15, 0.2) is 340 Å². The molecule has 0 aliphatic rings. The molecule has 0 aliphatic heterocycles. The molecule has 2 heterocycles. The summed E-state index contributed by atoms with van der Waals surface area (Å²) < 4.78 is 5.07. The standard InChI is InChI=1S/C78H56N2Si2/c1-9-29-57(30-10-1)70-55-67(82(63-39-19-6-20-40-63,64-41-21-7-22-42-64)65-43-23-8-24-44-65)56-71(58-31-11-2-12-32-58)78(70)80-75-48-28-26-45-68(75)72-53-59(49-51-77(72)80)79-74-47-27-25-46-69(74)73-54-66(50-52-76(73)79)81(60-33-13-3-14-34-60,61-35-15-4-16-36-61)62-37-17-5-18-38-62/h1-56H. The first-order valence-electron chi connectivity index (χ1n) is 28.4. The number of para-hydroxylation sites is 2. The van der Waals surface area contributed by atoms with Crippen LogP contribution in [0.4, 0.5) is 0 Å². The van der Waals surface area contributed by atoms with E-state index in [9.17, 15) is 0 Å². The van der Waals surface area contributed by atoms with Gasteiger partial charge in [0, 0.05) is 38.4 Å². The molecule has 0 unspecified atom stereocenters. The predicted molar refractivity (Wildman–Crippen MR) is 353 cm³/mol. The molecule has 386 valence electrons. The second-order valence-corrected chi connectivity index (χ2v) is 29.1. The Kier molecular flexibility index (Phi) is 12.3. The fourth-order valence-electron chi connectivity index (χ4n) is 13.7. The highest BCUT2D eigenvalue weighted by atomic mass is 28.3. The summed E-state index contributed by atoms with van der Waals surface area (Å²) >= 11 is 0. The minimum absolute atomic E-state index is 1.12. The van der Waals surface area contributed by atoms with Crippen LogP contribution in [0.25, 0.3) is 77.2 Å². The highest BCUT2D eigenvalue weighted by Crippen LogP contribution is 2.43. The zero-order chi connectivity index (χ0) is 54.5. The van der Waals surface area contributed by atoms with Crippen LogP contribution in [0.5, 0.6) is 0 Å². The third-order valence-corrected chi connectivity index (χ3v) is 26.7.